The molecule has 0 aliphatic heterocycles. The lowest BCUT2D eigenvalue weighted by atomic mass is 10.4. The predicted molar refractivity (Wildman–Crippen MR) is 70.6 cm³/mol. The molecular weight excluding hydrogens is 228 g/mol. The third-order valence-corrected chi connectivity index (χ3v) is 2.64. The van der Waals surface area contributed by atoms with E-state index < -0.39 is 0 Å². The standard InChI is InChI=1S/C13H18N4O/c1-3-17-10-14-8-12(17)9-15-11-5-6-13(16-7-11)18-4-2/h5-8,10,15H,3-4,9H2,1-2H3. The molecule has 0 aliphatic rings. The van der Waals surface area contributed by atoms with Crippen LogP contribution in [0.2, 0.25) is 0 Å². The smallest absolute Gasteiger partial charge is 0.213 e. The van der Waals surface area contributed by atoms with Crippen LogP contribution in [0.3, 0.4) is 0 Å². The number of rotatable bonds is 6. The molecule has 96 valence electrons. The monoisotopic (exact) mass is 246 g/mol. The zero-order chi connectivity index (χ0) is 12.8. The fraction of sp³-hybridized carbons (Fsp3) is 0.385. The summed E-state index contributed by atoms with van der Waals surface area (Å²) in [5.41, 5.74) is 2.13. The molecule has 0 fully saturated rings. The second-order valence-electron chi connectivity index (χ2n) is 3.84. The highest BCUT2D eigenvalue weighted by Gasteiger charge is 2.00. The topological polar surface area (TPSA) is 52.0 Å². The second-order valence-corrected chi connectivity index (χ2v) is 3.84. The molecular formula is C13H18N4O. The number of nitrogens with one attached hydrogen (secondary N) is 1. The van der Waals surface area contributed by atoms with Gasteiger partial charge in [-0.1, -0.05) is 0 Å². The van der Waals surface area contributed by atoms with Gasteiger partial charge in [0.2, 0.25) is 5.88 Å². The predicted octanol–water partition coefficient (Wildman–Crippen LogP) is 2.31. The van der Waals surface area contributed by atoms with E-state index in [0.29, 0.717) is 12.5 Å². The van der Waals surface area contributed by atoms with Gasteiger partial charge in [-0.05, 0) is 19.9 Å². The maximum Gasteiger partial charge on any atom is 0.213 e. The first-order valence-electron chi connectivity index (χ1n) is 6.15. The summed E-state index contributed by atoms with van der Waals surface area (Å²) in [4.78, 5) is 8.33. The summed E-state index contributed by atoms with van der Waals surface area (Å²) in [5, 5.41) is 3.31. The molecule has 0 saturated carbocycles. The number of aryl methyl sites for hydroxylation is 1. The molecule has 0 spiro atoms. The van der Waals surface area contributed by atoms with Crippen LogP contribution in [-0.2, 0) is 13.1 Å². The lowest BCUT2D eigenvalue weighted by molar-refractivity contribution is 0.327. The van der Waals surface area contributed by atoms with Gasteiger partial charge >= 0.3 is 0 Å². The molecule has 0 bridgehead atoms. The molecule has 0 aliphatic carbocycles. The minimum absolute atomic E-state index is 0.634. The van der Waals surface area contributed by atoms with E-state index in [1.54, 1.807) is 6.20 Å². The van der Waals surface area contributed by atoms with Crippen LogP contribution in [0, 0.1) is 0 Å². The number of hydrogen-bond acceptors (Lipinski definition) is 4. The van der Waals surface area contributed by atoms with E-state index in [1.807, 2.05) is 31.6 Å². The largest absolute Gasteiger partial charge is 0.478 e. The maximum atomic E-state index is 5.29. The molecule has 0 radical (unpaired) electrons. The van der Waals surface area contributed by atoms with Gasteiger partial charge in [-0.15, -0.1) is 0 Å². The summed E-state index contributed by atoms with van der Waals surface area (Å²) in [6, 6.07) is 3.83. The van der Waals surface area contributed by atoms with Crippen LogP contribution in [0.25, 0.3) is 0 Å². The van der Waals surface area contributed by atoms with Gasteiger partial charge in [0.25, 0.3) is 0 Å². The third-order valence-electron chi connectivity index (χ3n) is 2.64. The number of ether oxygens (including phenoxy) is 1. The van der Waals surface area contributed by atoms with Gasteiger partial charge < -0.3 is 14.6 Å². The molecule has 2 heterocycles. The van der Waals surface area contributed by atoms with Gasteiger partial charge in [-0.25, -0.2) is 9.97 Å². The van der Waals surface area contributed by atoms with Crippen molar-refractivity contribution in [1.82, 2.24) is 14.5 Å². The van der Waals surface area contributed by atoms with Gasteiger partial charge in [0.15, 0.2) is 0 Å². The Bertz CT molecular complexity index is 478. The van der Waals surface area contributed by atoms with Crippen molar-refractivity contribution < 1.29 is 4.74 Å². The van der Waals surface area contributed by atoms with Gasteiger partial charge in [-0.2, -0.15) is 0 Å². The van der Waals surface area contributed by atoms with Crippen LogP contribution < -0.4 is 10.1 Å². The zero-order valence-corrected chi connectivity index (χ0v) is 10.8. The lowest BCUT2D eigenvalue weighted by Crippen LogP contribution is -2.06. The summed E-state index contributed by atoms with van der Waals surface area (Å²) in [7, 11) is 0. The highest BCUT2D eigenvalue weighted by molar-refractivity contribution is 5.42. The van der Waals surface area contributed by atoms with E-state index >= 15 is 0 Å². The third kappa shape index (κ3) is 3.00. The SMILES string of the molecule is CCOc1ccc(NCc2cncn2CC)cn1. The van der Waals surface area contributed by atoms with Crippen molar-refractivity contribution in [2.75, 3.05) is 11.9 Å². The molecule has 5 heteroatoms. The minimum Gasteiger partial charge on any atom is -0.478 e. The van der Waals surface area contributed by atoms with Gasteiger partial charge in [0.05, 0.1) is 37.1 Å². The quantitative estimate of drug-likeness (QED) is 0.849. The van der Waals surface area contributed by atoms with E-state index in [9.17, 15) is 0 Å². The first-order chi connectivity index (χ1) is 8.83. The Balaban J connectivity index is 1.94. The van der Waals surface area contributed by atoms with Crippen molar-refractivity contribution >= 4 is 5.69 Å². The fourth-order valence-electron chi connectivity index (χ4n) is 1.69. The molecule has 0 saturated heterocycles. The number of hydrogen-bond donors (Lipinski definition) is 1. The summed E-state index contributed by atoms with van der Waals surface area (Å²) >= 11 is 0. The highest BCUT2D eigenvalue weighted by atomic mass is 16.5. The number of imidazole rings is 1. The van der Waals surface area contributed by atoms with Crippen LogP contribution >= 0.6 is 0 Å². The van der Waals surface area contributed by atoms with E-state index in [4.69, 9.17) is 4.74 Å². The molecule has 5 nitrogen and oxygen atoms in total. The number of anilines is 1. The van der Waals surface area contributed by atoms with E-state index in [0.717, 1.165) is 24.5 Å². The minimum atomic E-state index is 0.634. The molecule has 0 unspecified atom stereocenters. The lowest BCUT2D eigenvalue weighted by Gasteiger charge is -2.08. The van der Waals surface area contributed by atoms with Gasteiger partial charge in [0.1, 0.15) is 0 Å². The van der Waals surface area contributed by atoms with Crippen LogP contribution in [0.4, 0.5) is 5.69 Å². The average Bonchev–Trinajstić information content (AvgIpc) is 2.86. The van der Waals surface area contributed by atoms with E-state index in [2.05, 4.69) is 26.8 Å². The number of pyridine rings is 1. The summed E-state index contributed by atoms with van der Waals surface area (Å²) in [6.45, 7) is 6.35. The van der Waals surface area contributed by atoms with Gasteiger partial charge in [-0.3, -0.25) is 0 Å². The van der Waals surface area contributed by atoms with Crippen LogP contribution in [0.5, 0.6) is 5.88 Å². The van der Waals surface area contributed by atoms with Crippen molar-refractivity contribution in [3.63, 3.8) is 0 Å². The van der Waals surface area contributed by atoms with E-state index in [1.165, 1.54) is 0 Å². The summed E-state index contributed by atoms with van der Waals surface area (Å²) in [6.07, 6.45) is 5.49. The molecule has 2 rings (SSSR count). The fourth-order valence-corrected chi connectivity index (χ4v) is 1.69. The van der Waals surface area contributed by atoms with Gasteiger partial charge in [0, 0.05) is 18.8 Å². The van der Waals surface area contributed by atoms with Crippen molar-refractivity contribution in [3.05, 3.63) is 36.5 Å². The Morgan fingerprint density at radius 1 is 1.28 bits per heavy atom. The normalized spacial score (nSPS) is 10.3. The Kier molecular flexibility index (Phi) is 4.17. The molecule has 0 amide bonds. The second kappa shape index (κ2) is 6.05. The average molecular weight is 246 g/mol. The van der Waals surface area contributed by atoms with Crippen molar-refractivity contribution in [3.8, 4) is 5.88 Å². The Labute approximate surface area is 107 Å². The maximum absolute atomic E-state index is 5.29. The first kappa shape index (κ1) is 12.4. The van der Waals surface area contributed by atoms with Crippen molar-refractivity contribution in [1.29, 1.82) is 0 Å². The molecule has 18 heavy (non-hydrogen) atoms. The molecule has 0 aromatic carbocycles. The summed E-state index contributed by atoms with van der Waals surface area (Å²) in [5.74, 6) is 0.654. The molecule has 1 N–H and O–H groups in total. The Morgan fingerprint density at radius 2 is 2.17 bits per heavy atom. The zero-order valence-electron chi connectivity index (χ0n) is 10.8. The van der Waals surface area contributed by atoms with E-state index in [-0.39, 0.29) is 0 Å². The molecule has 2 aromatic rings. The Hall–Kier alpha value is -2.04. The van der Waals surface area contributed by atoms with Crippen LogP contribution in [0.1, 0.15) is 19.5 Å². The molecule has 0 atom stereocenters. The number of aromatic nitrogens is 3. The van der Waals surface area contributed by atoms with Crippen LogP contribution in [0.15, 0.2) is 30.9 Å². The highest BCUT2D eigenvalue weighted by Crippen LogP contribution is 2.12. The Morgan fingerprint density at radius 3 is 2.83 bits per heavy atom. The molecule has 2 aromatic heterocycles. The van der Waals surface area contributed by atoms with Crippen molar-refractivity contribution in [2.24, 2.45) is 0 Å². The number of nitrogens with zero attached hydrogens (tertiary/aromatic N) is 3. The van der Waals surface area contributed by atoms with Crippen molar-refractivity contribution in [2.45, 2.75) is 26.9 Å². The first-order valence-corrected chi connectivity index (χ1v) is 6.15. The van der Waals surface area contributed by atoms with Crippen LogP contribution in [-0.4, -0.2) is 21.1 Å². The summed E-state index contributed by atoms with van der Waals surface area (Å²) < 4.78 is 7.40.